The van der Waals surface area contributed by atoms with E-state index in [1.807, 2.05) is 24.1 Å². The van der Waals surface area contributed by atoms with Crippen LogP contribution in [0.5, 0.6) is 0 Å². The van der Waals surface area contributed by atoms with Crippen molar-refractivity contribution < 1.29 is 4.79 Å². The van der Waals surface area contributed by atoms with E-state index < -0.39 is 0 Å². The van der Waals surface area contributed by atoms with Gasteiger partial charge in [0, 0.05) is 32.6 Å². The van der Waals surface area contributed by atoms with E-state index in [0.717, 1.165) is 44.7 Å². The second-order valence-electron chi connectivity index (χ2n) is 6.92. The van der Waals surface area contributed by atoms with Crippen molar-refractivity contribution in [1.29, 1.82) is 0 Å². The molecule has 1 aliphatic heterocycles. The van der Waals surface area contributed by atoms with Gasteiger partial charge in [0.2, 0.25) is 5.91 Å². The molecule has 0 atom stereocenters. The largest absolute Gasteiger partial charge is 0.355 e. The number of anilines is 1. The van der Waals surface area contributed by atoms with Gasteiger partial charge in [-0.15, -0.1) is 14.8 Å². The average Bonchev–Trinajstić information content (AvgIpc) is 3.06. The molecule has 1 fully saturated rings. The molecule has 3 rings (SSSR count). The number of carbonyl (C=O) groups excluding carboxylic acids is 1. The van der Waals surface area contributed by atoms with Crippen LogP contribution in [0.2, 0.25) is 0 Å². The maximum Gasteiger partial charge on any atom is 0.225 e. The molecule has 0 N–H and O–H groups in total. The first-order valence-corrected chi connectivity index (χ1v) is 8.60. The summed E-state index contributed by atoms with van der Waals surface area (Å²) in [6.45, 7) is 6.87. The maximum atomic E-state index is 12.6. The second-order valence-corrected chi connectivity index (χ2v) is 6.92. The fraction of sp³-hybridized carbons (Fsp3) is 0.688. The molecule has 1 amide bonds. The molecular weight excluding hydrogens is 306 g/mol. The quantitative estimate of drug-likeness (QED) is 0.820. The van der Waals surface area contributed by atoms with Crippen molar-refractivity contribution in [1.82, 2.24) is 30.2 Å². The Morgan fingerprint density at radius 1 is 1.33 bits per heavy atom. The molecule has 130 valence electrons. The van der Waals surface area contributed by atoms with Gasteiger partial charge in [-0.25, -0.2) is 0 Å². The summed E-state index contributed by atoms with van der Waals surface area (Å²) >= 11 is 0. The normalized spacial score (nSPS) is 16.1. The summed E-state index contributed by atoms with van der Waals surface area (Å²) in [5, 5.41) is 15.7. The highest BCUT2D eigenvalue weighted by molar-refractivity contribution is 5.78. The Balaban J connectivity index is 1.56. The molecule has 1 saturated heterocycles. The first-order valence-electron chi connectivity index (χ1n) is 8.60. The van der Waals surface area contributed by atoms with Crippen molar-refractivity contribution >= 4 is 17.4 Å². The third kappa shape index (κ3) is 3.63. The number of nitrogens with zero attached hydrogens (tertiary/aromatic N) is 7. The molecule has 0 saturated carbocycles. The lowest BCUT2D eigenvalue weighted by Gasteiger charge is -2.33. The number of hydrogen-bond donors (Lipinski definition) is 0. The molecule has 8 heteroatoms. The molecule has 8 nitrogen and oxygen atoms in total. The lowest BCUT2D eigenvalue weighted by molar-refractivity contribution is -0.135. The summed E-state index contributed by atoms with van der Waals surface area (Å²) in [5.41, 5.74) is 0.635. The van der Waals surface area contributed by atoms with Crippen molar-refractivity contribution in [2.45, 2.75) is 33.1 Å². The van der Waals surface area contributed by atoms with E-state index >= 15 is 0 Å². The molecule has 2 aromatic heterocycles. The first-order chi connectivity index (χ1) is 11.5. The molecule has 2 aromatic rings. The van der Waals surface area contributed by atoms with Crippen LogP contribution in [0.15, 0.2) is 12.1 Å². The molecule has 0 spiro atoms. The van der Waals surface area contributed by atoms with Gasteiger partial charge in [-0.1, -0.05) is 13.8 Å². The molecule has 0 aromatic carbocycles. The van der Waals surface area contributed by atoms with Crippen molar-refractivity contribution in [2.75, 3.05) is 31.6 Å². The van der Waals surface area contributed by atoms with Crippen molar-refractivity contribution in [3.8, 4) is 0 Å². The number of fused-ring (bicyclic) bond motifs is 1. The van der Waals surface area contributed by atoms with Crippen molar-refractivity contribution in [3.63, 3.8) is 0 Å². The predicted octanol–water partition coefficient (Wildman–Crippen LogP) is 1.24. The van der Waals surface area contributed by atoms with Crippen LogP contribution in [0.1, 0.15) is 33.1 Å². The van der Waals surface area contributed by atoms with Gasteiger partial charge in [0.05, 0.1) is 0 Å². The molecular formula is C16H25N7O. The van der Waals surface area contributed by atoms with Gasteiger partial charge < -0.3 is 9.80 Å². The van der Waals surface area contributed by atoms with E-state index in [4.69, 9.17) is 0 Å². The third-order valence-corrected chi connectivity index (χ3v) is 4.64. The van der Waals surface area contributed by atoms with Crippen LogP contribution in [0, 0.1) is 11.8 Å². The fourth-order valence-electron chi connectivity index (χ4n) is 3.04. The van der Waals surface area contributed by atoms with Crippen molar-refractivity contribution in [3.05, 3.63) is 12.1 Å². The van der Waals surface area contributed by atoms with Gasteiger partial charge in [-0.3, -0.25) is 4.79 Å². The number of aromatic nitrogens is 5. The van der Waals surface area contributed by atoms with Gasteiger partial charge in [0.25, 0.3) is 0 Å². The van der Waals surface area contributed by atoms with E-state index in [2.05, 4.69) is 39.4 Å². The zero-order chi connectivity index (χ0) is 17.1. The van der Waals surface area contributed by atoms with Crippen LogP contribution >= 0.6 is 0 Å². The summed E-state index contributed by atoms with van der Waals surface area (Å²) in [6, 6.07) is 3.79. The van der Waals surface area contributed by atoms with E-state index in [0.29, 0.717) is 11.6 Å². The van der Waals surface area contributed by atoms with E-state index in [9.17, 15) is 4.79 Å². The van der Waals surface area contributed by atoms with Crippen LogP contribution in [0.3, 0.4) is 0 Å². The lowest BCUT2D eigenvalue weighted by atomic mass is 9.95. The Bertz CT molecular complexity index is 691. The van der Waals surface area contributed by atoms with Gasteiger partial charge >= 0.3 is 0 Å². The van der Waals surface area contributed by atoms with E-state index in [1.165, 1.54) is 4.63 Å². The number of rotatable bonds is 5. The van der Waals surface area contributed by atoms with Crippen LogP contribution in [0.4, 0.5) is 5.82 Å². The number of amides is 1. The third-order valence-electron chi connectivity index (χ3n) is 4.64. The summed E-state index contributed by atoms with van der Waals surface area (Å²) in [5.74, 6) is 1.87. The van der Waals surface area contributed by atoms with Gasteiger partial charge in [0.15, 0.2) is 11.5 Å². The van der Waals surface area contributed by atoms with E-state index in [-0.39, 0.29) is 11.8 Å². The number of piperidine rings is 1. The first kappa shape index (κ1) is 16.6. The van der Waals surface area contributed by atoms with Crippen LogP contribution in [0.25, 0.3) is 5.65 Å². The zero-order valence-corrected chi connectivity index (χ0v) is 14.6. The van der Waals surface area contributed by atoms with Gasteiger partial charge in [0.1, 0.15) is 0 Å². The summed E-state index contributed by atoms with van der Waals surface area (Å²) in [7, 11) is 1.92. The van der Waals surface area contributed by atoms with Gasteiger partial charge in [-0.05, 0) is 47.7 Å². The standard InChI is InChI=1S/C16H25N7O/c1-12(2)6-9-21(3)16(24)13-7-10-22(11-8-13)15-5-4-14-17-19-20-23(14)18-15/h4-5,12-13H,6-11H2,1-3H3. The summed E-state index contributed by atoms with van der Waals surface area (Å²) < 4.78 is 1.44. The van der Waals surface area contributed by atoms with Crippen LogP contribution in [-0.4, -0.2) is 62.7 Å². The van der Waals surface area contributed by atoms with Crippen LogP contribution < -0.4 is 4.90 Å². The lowest BCUT2D eigenvalue weighted by Crippen LogP contribution is -2.42. The Kier molecular flexibility index (Phi) is 4.92. The summed E-state index contributed by atoms with van der Waals surface area (Å²) in [4.78, 5) is 16.6. The minimum Gasteiger partial charge on any atom is -0.355 e. The van der Waals surface area contributed by atoms with E-state index in [1.54, 1.807) is 0 Å². The maximum absolute atomic E-state index is 12.6. The number of carbonyl (C=O) groups is 1. The fourth-order valence-corrected chi connectivity index (χ4v) is 3.04. The number of tetrazole rings is 1. The molecule has 0 unspecified atom stereocenters. The molecule has 3 heterocycles. The Morgan fingerprint density at radius 2 is 2.08 bits per heavy atom. The predicted molar refractivity (Wildman–Crippen MR) is 90.6 cm³/mol. The topological polar surface area (TPSA) is 79.5 Å². The minimum atomic E-state index is 0.121. The molecule has 1 aliphatic rings. The van der Waals surface area contributed by atoms with Crippen molar-refractivity contribution in [2.24, 2.45) is 11.8 Å². The second kappa shape index (κ2) is 7.11. The Morgan fingerprint density at radius 3 is 2.79 bits per heavy atom. The minimum absolute atomic E-state index is 0.121. The monoisotopic (exact) mass is 331 g/mol. The Hall–Kier alpha value is -2.25. The molecule has 0 bridgehead atoms. The highest BCUT2D eigenvalue weighted by Crippen LogP contribution is 2.23. The smallest absolute Gasteiger partial charge is 0.225 e. The highest BCUT2D eigenvalue weighted by atomic mass is 16.2. The highest BCUT2D eigenvalue weighted by Gasteiger charge is 2.27. The number of hydrogen-bond acceptors (Lipinski definition) is 6. The molecule has 0 aliphatic carbocycles. The average molecular weight is 331 g/mol. The SMILES string of the molecule is CC(C)CCN(C)C(=O)C1CCN(c2ccc3nnnn3n2)CC1. The van der Waals surface area contributed by atoms with Gasteiger partial charge in [-0.2, -0.15) is 0 Å². The Labute approximate surface area is 141 Å². The molecule has 24 heavy (non-hydrogen) atoms. The molecule has 0 radical (unpaired) electrons. The zero-order valence-electron chi connectivity index (χ0n) is 14.6. The van der Waals surface area contributed by atoms with Crippen LogP contribution in [-0.2, 0) is 4.79 Å². The summed E-state index contributed by atoms with van der Waals surface area (Å²) in [6.07, 6.45) is 2.78.